The lowest BCUT2D eigenvalue weighted by Crippen LogP contribution is -2.59. The van der Waals surface area contributed by atoms with Crippen LogP contribution >= 0.6 is 0 Å². The van der Waals surface area contributed by atoms with Crippen LogP contribution in [0.1, 0.15) is 20.3 Å². The molecule has 1 unspecified atom stereocenters. The molecule has 0 aromatic heterocycles. The minimum absolute atomic E-state index is 0.0451. The molecule has 1 aliphatic rings. The predicted molar refractivity (Wildman–Crippen MR) is 73.6 cm³/mol. The Kier molecular flexibility index (Phi) is 6.52. The summed E-state index contributed by atoms with van der Waals surface area (Å²) >= 11 is 0. The highest BCUT2D eigenvalue weighted by Gasteiger charge is 2.35. The van der Waals surface area contributed by atoms with Crippen molar-refractivity contribution in [3.63, 3.8) is 0 Å². The van der Waals surface area contributed by atoms with E-state index in [2.05, 4.69) is 23.6 Å². The van der Waals surface area contributed by atoms with Crippen LogP contribution in [0.2, 0.25) is 0 Å². The molecule has 5 heteroatoms. The van der Waals surface area contributed by atoms with E-state index in [1.54, 1.807) is 14.2 Å². The zero-order valence-corrected chi connectivity index (χ0v) is 12.3. The van der Waals surface area contributed by atoms with E-state index in [0.717, 1.165) is 39.1 Å². The van der Waals surface area contributed by atoms with Crippen LogP contribution in [0.3, 0.4) is 0 Å². The van der Waals surface area contributed by atoms with Crippen LogP contribution in [-0.4, -0.2) is 75.1 Å². The number of hydrogen-bond donors (Lipinski definition) is 1. The fourth-order valence-corrected chi connectivity index (χ4v) is 2.57. The van der Waals surface area contributed by atoms with Gasteiger partial charge in [0.15, 0.2) is 6.29 Å². The zero-order chi connectivity index (χ0) is 13.6. The standard InChI is InChI=1S/C13H29N3O2/c1-5-15-6-8-16(9-7-15)13(2,11-14)10-12(17-3)18-4/h12H,5-11,14H2,1-4H3. The van der Waals surface area contributed by atoms with Crippen molar-refractivity contribution in [2.45, 2.75) is 32.1 Å². The van der Waals surface area contributed by atoms with Gasteiger partial charge in [0, 0.05) is 58.9 Å². The molecule has 1 atom stereocenters. The Balaban J connectivity index is 2.58. The molecule has 18 heavy (non-hydrogen) atoms. The summed E-state index contributed by atoms with van der Waals surface area (Å²) in [6, 6.07) is 0. The molecule has 1 saturated heterocycles. The Hall–Kier alpha value is -0.200. The topological polar surface area (TPSA) is 51.0 Å². The number of likely N-dealkylation sites (N-methyl/N-ethyl adjacent to an activating group) is 1. The largest absolute Gasteiger partial charge is 0.356 e. The summed E-state index contributed by atoms with van der Waals surface area (Å²) in [6.45, 7) is 10.6. The van der Waals surface area contributed by atoms with Gasteiger partial charge in [-0.15, -0.1) is 0 Å². The molecular weight excluding hydrogens is 230 g/mol. The number of rotatable bonds is 7. The van der Waals surface area contributed by atoms with Gasteiger partial charge in [0.2, 0.25) is 0 Å². The summed E-state index contributed by atoms with van der Waals surface area (Å²) < 4.78 is 10.6. The van der Waals surface area contributed by atoms with Crippen molar-refractivity contribution < 1.29 is 9.47 Å². The summed E-state index contributed by atoms with van der Waals surface area (Å²) in [4.78, 5) is 4.95. The number of hydrogen-bond acceptors (Lipinski definition) is 5. The summed E-state index contributed by atoms with van der Waals surface area (Å²) in [5.41, 5.74) is 5.95. The summed E-state index contributed by atoms with van der Waals surface area (Å²) in [7, 11) is 3.36. The fraction of sp³-hybridized carbons (Fsp3) is 1.00. The second kappa shape index (κ2) is 7.40. The Morgan fingerprint density at radius 3 is 2.11 bits per heavy atom. The minimum Gasteiger partial charge on any atom is -0.356 e. The number of piperazine rings is 1. The Labute approximate surface area is 111 Å². The molecule has 0 saturated carbocycles. The molecule has 1 heterocycles. The van der Waals surface area contributed by atoms with Crippen molar-refractivity contribution >= 4 is 0 Å². The average molecular weight is 259 g/mol. The number of nitrogens with zero attached hydrogens (tertiary/aromatic N) is 2. The first kappa shape index (κ1) is 15.9. The van der Waals surface area contributed by atoms with Crippen LogP contribution in [0.4, 0.5) is 0 Å². The van der Waals surface area contributed by atoms with Gasteiger partial charge in [0.25, 0.3) is 0 Å². The van der Waals surface area contributed by atoms with Crippen LogP contribution in [0.25, 0.3) is 0 Å². The molecule has 0 amide bonds. The summed E-state index contributed by atoms with van der Waals surface area (Å²) in [6.07, 6.45) is 0.630. The summed E-state index contributed by atoms with van der Waals surface area (Å²) in [5.74, 6) is 0. The lowest BCUT2D eigenvalue weighted by atomic mass is 9.94. The van der Waals surface area contributed by atoms with E-state index in [1.165, 1.54) is 0 Å². The fourth-order valence-electron chi connectivity index (χ4n) is 2.57. The normalized spacial score (nSPS) is 22.3. The van der Waals surface area contributed by atoms with Crippen molar-refractivity contribution in [2.24, 2.45) is 5.73 Å². The van der Waals surface area contributed by atoms with E-state index < -0.39 is 0 Å². The van der Waals surface area contributed by atoms with E-state index in [4.69, 9.17) is 15.2 Å². The molecule has 1 rings (SSSR count). The van der Waals surface area contributed by atoms with Crippen molar-refractivity contribution in [3.05, 3.63) is 0 Å². The molecule has 0 aliphatic carbocycles. The number of ether oxygens (including phenoxy) is 2. The van der Waals surface area contributed by atoms with Gasteiger partial charge in [-0.3, -0.25) is 4.90 Å². The molecule has 0 radical (unpaired) electrons. The van der Waals surface area contributed by atoms with Gasteiger partial charge in [-0.1, -0.05) is 6.92 Å². The third-order valence-electron chi connectivity index (χ3n) is 4.15. The van der Waals surface area contributed by atoms with E-state index in [9.17, 15) is 0 Å². The zero-order valence-electron chi connectivity index (χ0n) is 12.3. The second-order valence-corrected chi connectivity index (χ2v) is 5.23. The van der Waals surface area contributed by atoms with Gasteiger partial charge in [-0.25, -0.2) is 0 Å². The third-order valence-corrected chi connectivity index (χ3v) is 4.15. The highest BCUT2D eigenvalue weighted by Crippen LogP contribution is 2.23. The second-order valence-electron chi connectivity index (χ2n) is 5.23. The molecule has 0 spiro atoms. The van der Waals surface area contributed by atoms with Gasteiger partial charge in [-0.05, 0) is 13.5 Å². The van der Waals surface area contributed by atoms with Gasteiger partial charge >= 0.3 is 0 Å². The van der Waals surface area contributed by atoms with Crippen LogP contribution in [0, 0.1) is 0 Å². The predicted octanol–water partition coefficient (Wildman–Crippen LogP) is 0.350. The molecule has 5 nitrogen and oxygen atoms in total. The van der Waals surface area contributed by atoms with Crippen LogP contribution < -0.4 is 5.73 Å². The number of nitrogens with two attached hydrogens (primary N) is 1. The summed E-state index contributed by atoms with van der Waals surface area (Å²) in [5, 5.41) is 0. The Morgan fingerprint density at radius 2 is 1.72 bits per heavy atom. The van der Waals surface area contributed by atoms with E-state index in [0.29, 0.717) is 6.54 Å². The highest BCUT2D eigenvalue weighted by molar-refractivity contribution is 4.91. The maximum atomic E-state index is 6.00. The van der Waals surface area contributed by atoms with Gasteiger partial charge in [0.1, 0.15) is 0 Å². The van der Waals surface area contributed by atoms with Crippen LogP contribution in [0.15, 0.2) is 0 Å². The van der Waals surface area contributed by atoms with Crippen molar-refractivity contribution in [3.8, 4) is 0 Å². The highest BCUT2D eigenvalue weighted by atomic mass is 16.7. The maximum absolute atomic E-state index is 6.00. The Morgan fingerprint density at radius 1 is 1.17 bits per heavy atom. The molecule has 1 fully saturated rings. The smallest absolute Gasteiger partial charge is 0.158 e. The van der Waals surface area contributed by atoms with E-state index >= 15 is 0 Å². The third kappa shape index (κ3) is 3.90. The van der Waals surface area contributed by atoms with Crippen molar-refractivity contribution in [2.75, 3.05) is 53.5 Å². The molecule has 108 valence electrons. The molecule has 2 N–H and O–H groups in total. The van der Waals surface area contributed by atoms with E-state index in [1.807, 2.05) is 0 Å². The average Bonchev–Trinajstić information content (AvgIpc) is 2.44. The molecule has 0 aromatic carbocycles. The quantitative estimate of drug-likeness (QED) is 0.669. The number of methoxy groups -OCH3 is 2. The lowest BCUT2D eigenvalue weighted by Gasteiger charge is -2.46. The van der Waals surface area contributed by atoms with Crippen molar-refractivity contribution in [1.82, 2.24) is 9.80 Å². The van der Waals surface area contributed by atoms with E-state index in [-0.39, 0.29) is 11.8 Å². The van der Waals surface area contributed by atoms with Crippen molar-refractivity contribution in [1.29, 1.82) is 0 Å². The van der Waals surface area contributed by atoms with Crippen LogP contribution in [-0.2, 0) is 9.47 Å². The first-order chi connectivity index (χ1) is 8.59. The molecule has 0 aromatic rings. The minimum atomic E-state index is -0.178. The maximum Gasteiger partial charge on any atom is 0.158 e. The first-order valence-electron chi connectivity index (χ1n) is 6.82. The monoisotopic (exact) mass is 259 g/mol. The van der Waals surface area contributed by atoms with Gasteiger partial charge in [0.05, 0.1) is 0 Å². The molecule has 1 aliphatic heterocycles. The Bertz CT molecular complexity index is 228. The lowest BCUT2D eigenvalue weighted by molar-refractivity contribution is -0.131. The van der Waals surface area contributed by atoms with Gasteiger partial charge < -0.3 is 20.1 Å². The SMILES string of the molecule is CCN1CCN(C(C)(CN)CC(OC)OC)CC1. The van der Waals surface area contributed by atoms with Crippen LogP contribution in [0.5, 0.6) is 0 Å². The molecule has 0 bridgehead atoms. The first-order valence-corrected chi connectivity index (χ1v) is 6.82. The van der Waals surface area contributed by atoms with Gasteiger partial charge in [-0.2, -0.15) is 0 Å². The molecular formula is C13H29N3O2.